The molecule has 4 rings (SSSR count). The molecule has 168 valence electrons. The fraction of sp³-hybridized carbons (Fsp3) is 0.375. The van der Waals surface area contributed by atoms with Crippen LogP contribution in [0.4, 0.5) is 5.82 Å². The standard InChI is InChI=1S/C24H29N5O2S/c1-28(2)12-7-10-21(30)29-13-11-18-20(14-29)32-24-22(18)23(25-16-26-24)27-19(15-31-3)17-8-5-4-6-9-17/h4-10,16,19H,11-15H2,1-3H3,(H,25,26,27). The minimum atomic E-state index is -0.0154. The maximum atomic E-state index is 12.6. The quantitative estimate of drug-likeness (QED) is 0.529. The molecule has 0 aliphatic carbocycles. The van der Waals surface area contributed by atoms with Gasteiger partial charge in [-0.3, -0.25) is 4.79 Å². The van der Waals surface area contributed by atoms with Gasteiger partial charge in [-0.25, -0.2) is 9.97 Å². The second-order valence-corrected chi connectivity index (χ2v) is 9.23. The number of carbonyl (C=O) groups is 1. The van der Waals surface area contributed by atoms with Crippen LogP contribution in [-0.2, 0) is 22.5 Å². The number of likely N-dealkylation sites (N-methyl/N-ethyl adjacent to an activating group) is 1. The van der Waals surface area contributed by atoms with Gasteiger partial charge in [0, 0.05) is 31.2 Å². The monoisotopic (exact) mass is 451 g/mol. The fourth-order valence-electron chi connectivity index (χ4n) is 3.93. The van der Waals surface area contributed by atoms with Crippen LogP contribution in [0.1, 0.15) is 22.0 Å². The predicted molar refractivity (Wildman–Crippen MR) is 129 cm³/mol. The molecule has 3 heterocycles. The Labute approximate surface area is 192 Å². The van der Waals surface area contributed by atoms with Crippen molar-refractivity contribution in [2.24, 2.45) is 0 Å². The number of carbonyl (C=O) groups excluding carboxylic acids is 1. The number of amides is 1. The zero-order chi connectivity index (χ0) is 22.5. The van der Waals surface area contributed by atoms with E-state index >= 15 is 0 Å². The van der Waals surface area contributed by atoms with Gasteiger partial charge in [0.15, 0.2) is 0 Å². The molecule has 32 heavy (non-hydrogen) atoms. The Balaban J connectivity index is 1.58. The molecule has 2 aromatic heterocycles. The highest BCUT2D eigenvalue weighted by Crippen LogP contribution is 2.38. The minimum absolute atomic E-state index is 0.0154. The number of fused-ring (bicyclic) bond motifs is 3. The lowest BCUT2D eigenvalue weighted by Gasteiger charge is -2.26. The van der Waals surface area contributed by atoms with Gasteiger partial charge in [-0.15, -0.1) is 11.3 Å². The van der Waals surface area contributed by atoms with Crippen LogP contribution >= 0.6 is 11.3 Å². The first-order valence-electron chi connectivity index (χ1n) is 10.7. The highest BCUT2D eigenvalue weighted by molar-refractivity contribution is 7.19. The summed E-state index contributed by atoms with van der Waals surface area (Å²) in [6.07, 6.45) is 6.00. The number of anilines is 1. The van der Waals surface area contributed by atoms with E-state index in [1.54, 1.807) is 30.8 Å². The van der Waals surface area contributed by atoms with Crippen LogP contribution in [0, 0.1) is 0 Å². The van der Waals surface area contributed by atoms with Crippen molar-refractivity contribution in [3.8, 4) is 0 Å². The van der Waals surface area contributed by atoms with Crippen LogP contribution in [0.2, 0.25) is 0 Å². The van der Waals surface area contributed by atoms with Gasteiger partial charge < -0.3 is 19.9 Å². The SMILES string of the molecule is COCC(Nc1ncnc2sc3c(c12)CCN(C(=O)C=CCN(C)C)C3)c1ccccc1. The first kappa shape index (κ1) is 22.4. The van der Waals surface area contributed by atoms with E-state index in [1.165, 1.54) is 10.4 Å². The van der Waals surface area contributed by atoms with Crippen molar-refractivity contribution in [3.63, 3.8) is 0 Å². The zero-order valence-corrected chi connectivity index (χ0v) is 19.6. The maximum Gasteiger partial charge on any atom is 0.246 e. The van der Waals surface area contributed by atoms with Crippen LogP contribution < -0.4 is 5.32 Å². The van der Waals surface area contributed by atoms with E-state index in [1.807, 2.05) is 48.2 Å². The van der Waals surface area contributed by atoms with Crippen molar-refractivity contribution in [2.45, 2.75) is 19.0 Å². The van der Waals surface area contributed by atoms with Crippen LogP contribution in [-0.4, -0.2) is 66.6 Å². The molecule has 1 amide bonds. The van der Waals surface area contributed by atoms with Crippen LogP contribution in [0.15, 0.2) is 48.8 Å². The molecule has 0 radical (unpaired) electrons. The number of ether oxygens (including phenoxy) is 1. The second-order valence-electron chi connectivity index (χ2n) is 8.14. The Kier molecular flexibility index (Phi) is 7.14. The topological polar surface area (TPSA) is 70.6 Å². The Hall–Kier alpha value is -2.81. The summed E-state index contributed by atoms with van der Waals surface area (Å²) in [5.41, 5.74) is 2.39. The largest absolute Gasteiger partial charge is 0.382 e. The normalized spacial score (nSPS) is 14.8. The van der Waals surface area contributed by atoms with Crippen LogP contribution in [0.25, 0.3) is 10.2 Å². The summed E-state index contributed by atoms with van der Waals surface area (Å²) in [4.78, 5) is 27.8. The summed E-state index contributed by atoms with van der Waals surface area (Å²) in [5.74, 6) is 0.882. The molecule has 0 fully saturated rings. The summed E-state index contributed by atoms with van der Waals surface area (Å²) >= 11 is 1.65. The molecule has 3 aromatic rings. The van der Waals surface area contributed by atoms with Crippen molar-refractivity contribution < 1.29 is 9.53 Å². The van der Waals surface area contributed by atoms with E-state index in [-0.39, 0.29) is 11.9 Å². The molecule has 1 aromatic carbocycles. The molecule has 7 nitrogen and oxygen atoms in total. The van der Waals surface area contributed by atoms with Crippen molar-refractivity contribution >= 4 is 33.3 Å². The molecule has 0 spiro atoms. The third-order valence-electron chi connectivity index (χ3n) is 5.53. The van der Waals surface area contributed by atoms with E-state index in [9.17, 15) is 4.79 Å². The molecule has 1 aliphatic heterocycles. The molecular weight excluding hydrogens is 422 g/mol. The van der Waals surface area contributed by atoms with E-state index < -0.39 is 0 Å². The van der Waals surface area contributed by atoms with Crippen molar-refractivity contribution in [2.75, 3.05) is 46.2 Å². The lowest BCUT2D eigenvalue weighted by atomic mass is 10.0. The first-order chi connectivity index (χ1) is 15.6. The molecule has 0 bridgehead atoms. The van der Waals surface area contributed by atoms with Gasteiger partial charge in [-0.2, -0.15) is 0 Å². The fourth-order valence-corrected chi connectivity index (χ4v) is 5.14. The smallest absolute Gasteiger partial charge is 0.246 e. The molecular formula is C24H29N5O2S. The third-order valence-corrected chi connectivity index (χ3v) is 6.65. The lowest BCUT2D eigenvalue weighted by Crippen LogP contribution is -2.34. The highest BCUT2D eigenvalue weighted by atomic mass is 32.1. The van der Waals surface area contributed by atoms with Gasteiger partial charge in [0.1, 0.15) is 17.0 Å². The molecule has 1 aliphatic rings. The second kappa shape index (κ2) is 10.2. The molecule has 1 atom stereocenters. The Bertz CT molecular complexity index is 1100. The summed E-state index contributed by atoms with van der Waals surface area (Å²) in [6, 6.07) is 10.2. The number of hydrogen-bond acceptors (Lipinski definition) is 7. The average molecular weight is 452 g/mol. The number of rotatable bonds is 8. The third kappa shape index (κ3) is 4.98. The molecule has 1 unspecified atom stereocenters. The zero-order valence-electron chi connectivity index (χ0n) is 18.7. The van der Waals surface area contributed by atoms with Gasteiger partial charge in [-0.05, 0) is 31.6 Å². The maximum absolute atomic E-state index is 12.6. The number of thiophene rings is 1. The van der Waals surface area contributed by atoms with Gasteiger partial charge in [0.05, 0.1) is 24.6 Å². The number of aromatic nitrogens is 2. The predicted octanol–water partition coefficient (Wildman–Crippen LogP) is 3.49. The number of hydrogen-bond donors (Lipinski definition) is 1. The number of nitrogens with zero attached hydrogens (tertiary/aromatic N) is 4. The minimum Gasteiger partial charge on any atom is -0.382 e. The summed E-state index contributed by atoms with van der Waals surface area (Å²) in [7, 11) is 5.68. The lowest BCUT2D eigenvalue weighted by molar-refractivity contribution is -0.126. The van der Waals surface area contributed by atoms with Gasteiger partial charge >= 0.3 is 0 Å². The number of methoxy groups -OCH3 is 1. The molecule has 8 heteroatoms. The Morgan fingerprint density at radius 3 is 2.88 bits per heavy atom. The van der Waals surface area contributed by atoms with Gasteiger partial charge in [0.25, 0.3) is 0 Å². The number of benzene rings is 1. The van der Waals surface area contributed by atoms with Crippen molar-refractivity contribution in [3.05, 3.63) is 64.8 Å². The summed E-state index contributed by atoms with van der Waals surface area (Å²) < 4.78 is 5.47. The van der Waals surface area contributed by atoms with E-state index in [4.69, 9.17) is 4.74 Å². The van der Waals surface area contributed by atoms with Crippen molar-refractivity contribution in [1.82, 2.24) is 19.8 Å². The van der Waals surface area contributed by atoms with E-state index in [0.717, 1.165) is 34.6 Å². The Morgan fingerprint density at radius 1 is 1.31 bits per heavy atom. The van der Waals surface area contributed by atoms with Crippen LogP contribution in [0.5, 0.6) is 0 Å². The molecule has 0 saturated carbocycles. The summed E-state index contributed by atoms with van der Waals surface area (Å²) in [6.45, 7) is 2.59. The van der Waals surface area contributed by atoms with Crippen LogP contribution in [0.3, 0.4) is 0 Å². The molecule has 1 N–H and O–H groups in total. The molecule has 0 saturated heterocycles. The number of nitrogens with one attached hydrogen (secondary N) is 1. The van der Waals surface area contributed by atoms with E-state index in [0.29, 0.717) is 19.7 Å². The highest BCUT2D eigenvalue weighted by Gasteiger charge is 2.26. The van der Waals surface area contributed by atoms with Gasteiger partial charge in [0.2, 0.25) is 5.91 Å². The first-order valence-corrected chi connectivity index (χ1v) is 11.5. The van der Waals surface area contributed by atoms with E-state index in [2.05, 4.69) is 27.4 Å². The van der Waals surface area contributed by atoms with Gasteiger partial charge in [-0.1, -0.05) is 36.4 Å². The average Bonchev–Trinajstić information content (AvgIpc) is 3.17. The Morgan fingerprint density at radius 2 is 2.12 bits per heavy atom. The van der Waals surface area contributed by atoms with Crippen molar-refractivity contribution in [1.29, 1.82) is 0 Å². The summed E-state index contributed by atoms with van der Waals surface area (Å²) in [5, 5.41) is 4.65.